The number of halogens is 1. The molecule has 0 heterocycles. The van der Waals surface area contributed by atoms with Crippen LogP contribution >= 0.6 is 15.9 Å². The van der Waals surface area contributed by atoms with E-state index in [1.165, 1.54) is 4.31 Å². The van der Waals surface area contributed by atoms with Crippen molar-refractivity contribution in [1.29, 1.82) is 0 Å². The first-order valence-corrected chi connectivity index (χ1v) is 7.85. The van der Waals surface area contributed by atoms with E-state index in [2.05, 4.69) is 15.9 Å². The molecule has 0 spiro atoms. The van der Waals surface area contributed by atoms with Crippen LogP contribution in [0.25, 0.3) is 0 Å². The lowest BCUT2D eigenvalue weighted by Gasteiger charge is -2.17. The Morgan fingerprint density at radius 2 is 2.00 bits per heavy atom. The number of rotatable bonds is 5. The summed E-state index contributed by atoms with van der Waals surface area (Å²) in [6.45, 7) is 4.49. The van der Waals surface area contributed by atoms with Crippen LogP contribution < -0.4 is 0 Å². The number of hydrogen-bond donors (Lipinski definition) is 0. The van der Waals surface area contributed by atoms with Crippen molar-refractivity contribution in [3.8, 4) is 0 Å². The third-order valence-corrected chi connectivity index (χ3v) is 5.41. The second-order valence-electron chi connectivity index (χ2n) is 4.09. The lowest BCUT2D eigenvalue weighted by atomic mass is 10.2. The van der Waals surface area contributed by atoms with Crippen LogP contribution in [0, 0.1) is 6.92 Å². The molecule has 5 heteroatoms. The Morgan fingerprint density at radius 3 is 2.53 bits per heavy atom. The molecule has 1 aromatic carbocycles. The number of sulfonamides is 1. The molecule has 0 aromatic heterocycles. The quantitative estimate of drug-likeness (QED) is 0.835. The van der Waals surface area contributed by atoms with Crippen molar-refractivity contribution in [2.75, 3.05) is 13.6 Å². The summed E-state index contributed by atoms with van der Waals surface area (Å²) in [6.07, 6.45) is 1.87. The average molecular weight is 320 g/mol. The predicted octanol–water partition coefficient (Wildman–Crippen LogP) is 3.18. The highest BCUT2D eigenvalue weighted by Crippen LogP contribution is 2.22. The molecule has 0 N–H and O–H groups in total. The van der Waals surface area contributed by atoms with Gasteiger partial charge in [-0.15, -0.1) is 0 Å². The van der Waals surface area contributed by atoms with Crippen LogP contribution in [0.3, 0.4) is 0 Å². The van der Waals surface area contributed by atoms with E-state index in [1.807, 2.05) is 13.8 Å². The van der Waals surface area contributed by atoms with E-state index in [0.29, 0.717) is 11.4 Å². The molecule has 0 aliphatic rings. The zero-order chi connectivity index (χ0) is 13.1. The van der Waals surface area contributed by atoms with E-state index in [-0.39, 0.29) is 0 Å². The molecule has 1 aromatic rings. The maximum absolute atomic E-state index is 12.2. The lowest BCUT2D eigenvalue weighted by molar-refractivity contribution is 0.459. The number of aryl methyl sites for hydroxylation is 1. The van der Waals surface area contributed by atoms with Crippen LogP contribution in [0.4, 0.5) is 0 Å². The molecule has 0 amide bonds. The molecule has 0 radical (unpaired) electrons. The van der Waals surface area contributed by atoms with E-state index >= 15 is 0 Å². The minimum Gasteiger partial charge on any atom is -0.207 e. The average Bonchev–Trinajstić information content (AvgIpc) is 2.29. The Labute approximate surface area is 112 Å². The van der Waals surface area contributed by atoms with Crippen LogP contribution in [-0.4, -0.2) is 26.3 Å². The van der Waals surface area contributed by atoms with Gasteiger partial charge in [-0.05, 0) is 37.1 Å². The SMILES string of the molecule is CCCCN(C)S(=O)(=O)c1ccc(Br)c(C)c1. The first kappa shape index (κ1) is 14.7. The van der Waals surface area contributed by atoms with Gasteiger partial charge in [0.2, 0.25) is 10.0 Å². The van der Waals surface area contributed by atoms with Crippen LogP contribution in [0.2, 0.25) is 0 Å². The molecule has 1 rings (SSSR count). The van der Waals surface area contributed by atoms with Gasteiger partial charge in [0.15, 0.2) is 0 Å². The van der Waals surface area contributed by atoms with Gasteiger partial charge in [-0.1, -0.05) is 29.3 Å². The van der Waals surface area contributed by atoms with Gasteiger partial charge in [0.05, 0.1) is 4.90 Å². The summed E-state index contributed by atoms with van der Waals surface area (Å²) in [5.41, 5.74) is 0.926. The Kier molecular flexibility index (Phi) is 5.16. The summed E-state index contributed by atoms with van der Waals surface area (Å²) in [4.78, 5) is 0.358. The van der Waals surface area contributed by atoms with Crippen molar-refractivity contribution < 1.29 is 8.42 Å². The summed E-state index contributed by atoms with van der Waals surface area (Å²) < 4.78 is 26.8. The van der Waals surface area contributed by atoms with Gasteiger partial charge in [0.1, 0.15) is 0 Å². The van der Waals surface area contributed by atoms with Gasteiger partial charge in [0.25, 0.3) is 0 Å². The lowest BCUT2D eigenvalue weighted by Crippen LogP contribution is -2.27. The molecule has 0 saturated heterocycles. The summed E-state index contributed by atoms with van der Waals surface area (Å²) in [5.74, 6) is 0. The first-order valence-electron chi connectivity index (χ1n) is 5.62. The summed E-state index contributed by atoms with van der Waals surface area (Å²) >= 11 is 3.37. The van der Waals surface area contributed by atoms with Crippen molar-refractivity contribution in [3.63, 3.8) is 0 Å². The number of nitrogens with zero attached hydrogens (tertiary/aromatic N) is 1. The van der Waals surface area contributed by atoms with E-state index < -0.39 is 10.0 Å². The zero-order valence-corrected chi connectivity index (χ0v) is 12.8. The van der Waals surface area contributed by atoms with E-state index in [1.54, 1.807) is 25.2 Å². The molecule has 0 atom stereocenters. The number of hydrogen-bond acceptors (Lipinski definition) is 2. The fourth-order valence-electron chi connectivity index (χ4n) is 1.46. The minimum absolute atomic E-state index is 0.358. The van der Waals surface area contributed by atoms with Gasteiger partial charge in [-0.25, -0.2) is 12.7 Å². The Balaban J connectivity index is 3.00. The second kappa shape index (κ2) is 5.98. The Bertz CT molecular complexity index is 485. The van der Waals surface area contributed by atoms with Gasteiger partial charge in [-0.2, -0.15) is 0 Å². The van der Waals surface area contributed by atoms with Crippen molar-refractivity contribution >= 4 is 26.0 Å². The smallest absolute Gasteiger partial charge is 0.207 e. The molecule has 0 aliphatic carbocycles. The highest BCUT2D eigenvalue weighted by atomic mass is 79.9. The van der Waals surface area contributed by atoms with Gasteiger partial charge < -0.3 is 0 Å². The van der Waals surface area contributed by atoms with Crippen molar-refractivity contribution in [2.45, 2.75) is 31.6 Å². The zero-order valence-electron chi connectivity index (χ0n) is 10.4. The minimum atomic E-state index is -3.34. The maximum atomic E-state index is 12.2. The molecule has 0 aliphatic heterocycles. The molecule has 3 nitrogen and oxygen atoms in total. The fraction of sp³-hybridized carbons (Fsp3) is 0.500. The normalized spacial score (nSPS) is 12.1. The monoisotopic (exact) mass is 319 g/mol. The third kappa shape index (κ3) is 3.53. The van der Waals surface area contributed by atoms with Crippen molar-refractivity contribution in [1.82, 2.24) is 4.31 Å². The summed E-state index contributed by atoms with van der Waals surface area (Å²) in [7, 11) is -1.71. The molecular weight excluding hydrogens is 302 g/mol. The molecular formula is C12H18BrNO2S. The van der Waals surface area contributed by atoms with Crippen LogP contribution in [0.15, 0.2) is 27.6 Å². The molecule has 0 fully saturated rings. The maximum Gasteiger partial charge on any atom is 0.242 e. The van der Waals surface area contributed by atoms with E-state index in [0.717, 1.165) is 22.9 Å². The largest absolute Gasteiger partial charge is 0.242 e. The molecule has 96 valence electrons. The number of benzene rings is 1. The third-order valence-electron chi connectivity index (χ3n) is 2.66. The standard InChI is InChI=1S/C12H18BrNO2S/c1-4-5-8-14(3)17(15,16)11-6-7-12(13)10(2)9-11/h6-7,9H,4-5,8H2,1-3H3. The van der Waals surface area contributed by atoms with Gasteiger partial charge in [-0.3, -0.25) is 0 Å². The molecule has 0 saturated carbocycles. The second-order valence-corrected chi connectivity index (χ2v) is 6.99. The predicted molar refractivity (Wildman–Crippen MR) is 73.6 cm³/mol. The molecule has 17 heavy (non-hydrogen) atoms. The van der Waals surface area contributed by atoms with Gasteiger partial charge in [0, 0.05) is 18.1 Å². The van der Waals surface area contributed by atoms with Crippen LogP contribution in [0.1, 0.15) is 25.3 Å². The van der Waals surface area contributed by atoms with E-state index in [9.17, 15) is 8.42 Å². The molecule has 0 unspecified atom stereocenters. The Hall–Kier alpha value is -0.390. The first-order chi connectivity index (χ1) is 7.89. The summed E-state index contributed by atoms with van der Waals surface area (Å²) in [5, 5.41) is 0. The van der Waals surface area contributed by atoms with Crippen LogP contribution in [0.5, 0.6) is 0 Å². The van der Waals surface area contributed by atoms with Crippen LogP contribution in [-0.2, 0) is 10.0 Å². The molecule has 0 bridgehead atoms. The van der Waals surface area contributed by atoms with E-state index in [4.69, 9.17) is 0 Å². The van der Waals surface area contributed by atoms with Gasteiger partial charge >= 0.3 is 0 Å². The Morgan fingerprint density at radius 1 is 1.35 bits per heavy atom. The fourth-order valence-corrected chi connectivity index (χ4v) is 3.00. The summed E-state index contributed by atoms with van der Waals surface area (Å²) in [6, 6.07) is 5.10. The topological polar surface area (TPSA) is 37.4 Å². The highest BCUT2D eigenvalue weighted by molar-refractivity contribution is 9.10. The van der Waals surface area contributed by atoms with Crippen molar-refractivity contribution in [2.24, 2.45) is 0 Å². The number of unbranched alkanes of at least 4 members (excludes halogenated alkanes) is 1. The van der Waals surface area contributed by atoms with Crippen molar-refractivity contribution in [3.05, 3.63) is 28.2 Å². The highest BCUT2D eigenvalue weighted by Gasteiger charge is 2.20.